The van der Waals surface area contributed by atoms with Crippen LogP contribution < -0.4 is 9.47 Å². The van der Waals surface area contributed by atoms with Crippen LogP contribution in [0.25, 0.3) is 5.76 Å². The topological polar surface area (TPSA) is 76.1 Å². The molecule has 3 aromatic carbocycles. The summed E-state index contributed by atoms with van der Waals surface area (Å²) < 4.78 is 11.2. The Labute approximate surface area is 198 Å². The van der Waals surface area contributed by atoms with Gasteiger partial charge in [0.15, 0.2) is 11.5 Å². The highest BCUT2D eigenvalue weighted by molar-refractivity contribution is 6.46. The molecule has 172 valence electrons. The molecular formula is C28H25NO5. The number of Topliss-reactive ketones (excluding diaryl/α,β-unsaturated/α-hetero) is 1. The zero-order valence-electron chi connectivity index (χ0n) is 18.9. The molecule has 1 amide bonds. The van der Waals surface area contributed by atoms with Crippen molar-refractivity contribution in [1.29, 1.82) is 0 Å². The lowest BCUT2D eigenvalue weighted by Crippen LogP contribution is -2.29. The molecule has 6 nitrogen and oxygen atoms in total. The van der Waals surface area contributed by atoms with E-state index < -0.39 is 17.7 Å². The number of hydrogen-bond donors (Lipinski definition) is 1. The van der Waals surface area contributed by atoms with E-state index in [0.717, 1.165) is 23.1 Å². The van der Waals surface area contributed by atoms with Crippen molar-refractivity contribution >= 4 is 17.4 Å². The van der Waals surface area contributed by atoms with Gasteiger partial charge in [0, 0.05) is 12.1 Å². The molecule has 1 fully saturated rings. The third kappa shape index (κ3) is 3.92. The Balaban J connectivity index is 1.62. The Morgan fingerprint density at radius 3 is 2.32 bits per heavy atom. The van der Waals surface area contributed by atoms with E-state index in [1.165, 1.54) is 4.90 Å². The van der Waals surface area contributed by atoms with E-state index in [4.69, 9.17) is 9.47 Å². The molecular weight excluding hydrogens is 430 g/mol. The summed E-state index contributed by atoms with van der Waals surface area (Å²) >= 11 is 0. The molecule has 0 aliphatic carbocycles. The van der Waals surface area contributed by atoms with Crippen molar-refractivity contribution in [2.45, 2.75) is 25.9 Å². The molecule has 2 heterocycles. The van der Waals surface area contributed by atoms with Crippen molar-refractivity contribution in [3.8, 4) is 11.5 Å². The Morgan fingerprint density at radius 2 is 1.62 bits per heavy atom. The van der Waals surface area contributed by atoms with Crippen LogP contribution >= 0.6 is 0 Å². The first-order valence-corrected chi connectivity index (χ1v) is 11.4. The molecule has 0 spiro atoms. The van der Waals surface area contributed by atoms with Crippen LogP contribution in [0.5, 0.6) is 11.5 Å². The summed E-state index contributed by atoms with van der Waals surface area (Å²) in [5, 5.41) is 11.3. The number of nitrogens with zero attached hydrogens (tertiary/aromatic N) is 1. The fraction of sp³-hybridized carbons (Fsp3) is 0.214. The van der Waals surface area contributed by atoms with E-state index >= 15 is 0 Å². The number of aliphatic hydroxyl groups excluding tert-OH is 1. The van der Waals surface area contributed by atoms with Crippen molar-refractivity contribution in [1.82, 2.24) is 4.90 Å². The largest absolute Gasteiger partial charge is 0.507 e. The fourth-order valence-electron chi connectivity index (χ4n) is 4.45. The molecule has 0 saturated carbocycles. The van der Waals surface area contributed by atoms with E-state index in [-0.39, 0.29) is 17.9 Å². The molecule has 34 heavy (non-hydrogen) atoms. The number of carbonyl (C=O) groups is 2. The Kier molecular flexibility index (Phi) is 5.80. The van der Waals surface area contributed by atoms with Gasteiger partial charge in [-0.2, -0.15) is 0 Å². The lowest BCUT2D eigenvalue weighted by atomic mass is 9.94. The van der Waals surface area contributed by atoms with Gasteiger partial charge in [0.25, 0.3) is 11.7 Å². The molecule has 0 aromatic heterocycles. The molecule has 3 aromatic rings. The second-order valence-corrected chi connectivity index (χ2v) is 8.37. The van der Waals surface area contributed by atoms with E-state index in [1.807, 2.05) is 54.6 Å². The predicted octanol–water partition coefficient (Wildman–Crippen LogP) is 4.64. The van der Waals surface area contributed by atoms with Crippen LogP contribution in [-0.2, 0) is 22.6 Å². The predicted molar refractivity (Wildman–Crippen MR) is 128 cm³/mol. The average Bonchev–Trinajstić information content (AvgIpc) is 3.13. The number of ketones is 1. The SMILES string of the molecule is CCc1ccc(C2/C(=C(/O)c3ccc4c(c3)OCCO4)C(=O)C(=O)N2Cc2ccccc2)cc1. The molecule has 1 N–H and O–H groups in total. The quantitative estimate of drug-likeness (QED) is 0.345. The van der Waals surface area contributed by atoms with Gasteiger partial charge >= 0.3 is 0 Å². The summed E-state index contributed by atoms with van der Waals surface area (Å²) in [4.78, 5) is 28.0. The van der Waals surface area contributed by atoms with Gasteiger partial charge in [-0.05, 0) is 41.3 Å². The summed E-state index contributed by atoms with van der Waals surface area (Å²) in [6, 6.07) is 21.6. The fourth-order valence-corrected chi connectivity index (χ4v) is 4.45. The summed E-state index contributed by atoms with van der Waals surface area (Å²) in [6.45, 7) is 3.18. The minimum Gasteiger partial charge on any atom is -0.507 e. The second kappa shape index (κ2) is 9.06. The number of ether oxygens (including phenoxy) is 2. The standard InChI is InChI=1S/C28H25NO5/c1-2-18-8-10-20(11-9-18)25-24(26(30)21-12-13-22-23(16-21)34-15-14-33-22)27(31)28(32)29(25)17-19-6-4-3-5-7-19/h3-13,16,25,30H,2,14-15,17H2,1H3/b26-24-. The highest BCUT2D eigenvalue weighted by Crippen LogP contribution is 2.41. The number of carbonyl (C=O) groups excluding carboxylic acids is 2. The normalized spacial score (nSPS) is 18.9. The van der Waals surface area contributed by atoms with Gasteiger partial charge in [0.2, 0.25) is 0 Å². The zero-order chi connectivity index (χ0) is 23.7. The summed E-state index contributed by atoms with van der Waals surface area (Å²) in [5.74, 6) is -0.479. The number of hydrogen-bond acceptors (Lipinski definition) is 5. The first-order chi connectivity index (χ1) is 16.6. The Morgan fingerprint density at radius 1 is 0.912 bits per heavy atom. The Hall–Kier alpha value is -4.06. The van der Waals surface area contributed by atoms with Gasteiger partial charge in [-0.15, -0.1) is 0 Å². The number of rotatable bonds is 5. The summed E-state index contributed by atoms with van der Waals surface area (Å²) in [7, 11) is 0. The highest BCUT2D eigenvalue weighted by Gasteiger charge is 2.46. The maximum Gasteiger partial charge on any atom is 0.295 e. The highest BCUT2D eigenvalue weighted by atomic mass is 16.6. The Bertz CT molecular complexity index is 1260. The first kappa shape index (κ1) is 21.8. The summed E-state index contributed by atoms with van der Waals surface area (Å²) in [6.07, 6.45) is 0.877. The number of aryl methyl sites for hydroxylation is 1. The van der Waals surface area contributed by atoms with Crippen molar-refractivity contribution in [2.75, 3.05) is 13.2 Å². The van der Waals surface area contributed by atoms with Crippen LogP contribution in [0, 0.1) is 0 Å². The van der Waals surface area contributed by atoms with Crippen LogP contribution in [0.4, 0.5) is 0 Å². The summed E-state index contributed by atoms with van der Waals surface area (Å²) in [5.41, 5.74) is 3.29. The van der Waals surface area contributed by atoms with Crippen LogP contribution in [0.2, 0.25) is 0 Å². The van der Waals surface area contributed by atoms with Crippen LogP contribution in [-0.4, -0.2) is 34.9 Å². The maximum absolute atomic E-state index is 13.3. The number of fused-ring (bicyclic) bond motifs is 1. The lowest BCUT2D eigenvalue weighted by Gasteiger charge is -2.26. The molecule has 1 saturated heterocycles. The van der Waals surface area contributed by atoms with Crippen molar-refractivity contribution in [3.05, 3.63) is 101 Å². The van der Waals surface area contributed by atoms with E-state index in [9.17, 15) is 14.7 Å². The van der Waals surface area contributed by atoms with Gasteiger partial charge in [-0.1, -0.05) is 61.5 Å². The third-order valence-corrected chi connectivity index (χ3v) is 6.26. The van der Waals surface area contributed by atoms with Crippen molar-refractivity contribution in [3.63, 3.8) is 0 Å². The zero-order valence-corrected chi connectivity index (χ0v) is 18.9. The molecule has 6 heteroatoms. The lowest BCUT2D eigenvalue weighted by molar-refractivity contribution is -0.140. The van der Waals surface area contributed by atoms with E-state index in [2.05, 4.69) is 6.92 Å². The van der Waals surface area contributed by atoms with Crippen molar-refractivity contribution in [2.24, 2.45) is 0 Å². The number of aliphatic hydroxyl groups is 1. The molecule has 2 aliphatic rings. The molecule has 5 rings (SSSR count). The van der Waals surface area contributed by atoms with Gasteiger partial charge in [0.05, 0.1) is 11.6 Å². The minimum atomic E-state index is -0.709. The molecule has 2 aliphatic heterocycles. The first-order valence-electron chi connectivity index (χ1n) is 11.4. The van der Waals surface area contributed by atoms with E-state index in [0.29, 0.717) is 30.3 Å². The monoisotopic (exact) mass is 455 g/mol. The van der Waals surface area contributed by atoms with Gasteiger partial charge in [-0.25, -0.2) is 0 Å². The average molecular weight is 456 g/mol. The van der Waals surface area contributed by atoms with Gasteiger partial charge < -0.3 is 19.5 Å². The van der Waals surface area contributed by atoms with Crippen LogP contribution in [0.1, 0.15) is 35.2 Å². The number of benzene rings is 3. The smallest absolute Gasteiger partial charge is 0.295 e. The third-order valence-electron chi connectivity index (χ3n) is 6.26. The number of likely N-dealkylation sites (tertiary alicyclic amines) is 1. The van der Waals surface area contributed by atoms with Crippen LogP contribution in [0.15, 0.2) is 78.4 Å². The second-order valence-electron chi connectivity index (χ2n) is 8.37. The van der Waals surface area contributed by atoms with Crippen LogP contribution in [0.3, 0.4) is 0 Å². The van der Waals surface area contributed by atoms with E-state index in [1.54, 1.807) is 18.2 Å². The minimum absolute atomic E-state index is 0.0712. The van der Waals surface area contributed by atoms with Gasteiger partial charge in [0.1, 0.15) is 19.0 Å². The van der Waals surface area contributed by atoms with Gasteiger partial charge in [-0.3, -0.25) is 9.59 Å². The number of amides is 1. The molecule has 1 atom stereocenters. The molecule has 0 bridgehead atoms. The maximum atomic E-state index is 13.3. The molecule has 0 radical (unpaired) electrons. The molecule has 1 unspecified atom stereocenters. The van der Waals surface area contributed by atoms with Crippen molar-refractivity contribution < 1.29 is 24.2 Å².